The van der Waals surface area contributed by atoms with Gasteiger partial charge >= 0.3 is 0 Å². The van der Waals surface area contributed by atoms with E-state index in [0.29, 0.717) is 0 Å². The molecule has 0 saturated carbocycles. The molecule has 1 rings (SSSR count). The van der Waals surface area contributed by atoms with Crippen LogP contribution in [0.25, 0.3) is 0 Å². The minimum absolute atomic E-state index is 0.887. The van der Waals surface area contributed by atoms with E-state index in [9.17, 15) is 0 Å². The van der Waals surface area contributed by atoms with Gasteiger partial charge < -0.3 is 4.74 Å². The minimum atomic E-state index is 0.887. The minimum Gasteiger partial charge on any atom is -0.379 e. The second-order valence-corrected chi connectivity index (χ2v) is 3.67. The van der Waals surface area contributed by atoms with Crippen molar-refractivity contribution >= 4 is 0 Å². The molecule has 14 heavy (non-hydrogen) atoms. The predicted molar refractivity (Wildman–Crippen MR) is 60.4 cm³/mol. The fourth-order valence-corrected chi connectivity index (χ4v) is 1.56. The molecule has 1 aliphatic heterocycles. The normalized spacial score (nSPS) is 20.6. The van der Waals surface area contributed by atoms with Gasteiger partial charge in [0.05, 0.1) is 13.2 Å². The van der Waals surface area contributed by atoms with Crippen LogP contribution in [0.2, 0.25) is 0 Å². The SMILES string of the molecule is CC/C=C(C)\C=C\CN1CCOCC1. The van der Waals surface area contributed by atoms with Crippen molar-refractivity contribution in [3.8, 4) is 0 Å². The topological polar surface area (TPSA) is 12.5 Å². The average Bonchev–Trinajstić information content (AvgIpc) is 2.20. The van der Waals surface area contributed by atoms with E-state index in [1.165, 1.54) is 5.57 Å². The lowest BCUT2D eigenvalue weighted by Gasteiger charge is -2.25. The summed E-state index contributed by atoms with van der Waals surface area (Å²) in [5, 5.41) is 0. The summed E-state index contributed by atoms with van der Waals surface area (Å²) in [6.07, 6.45) is 7.81. The standard InChI is InChI=1S/C12H21NO/c1-3-5-12(2)6-4-7-13-8-10-14-11-9-13/h4-6H,3,7-11H2,1-2H3/b6-4+,12-5-. The maximum Gasteiger partial charge on any atom is 0.0594 e. The van der Waals surface area contributed by atoms with E-state index in [1.54, 1.807) is 0 Å². The van der Waals surface area contributed by atoms with Crippen LogP contribution in [0.3, 0.4) is 0 Å². The Morgan fingerprint density at radius 3 is 2.71 bits per heavy atom. The Morgan fingerprint density at radius 1 is 1.36 bits per heavy atom. The third-order valence-electron chi connectivity index (χ3n) is 2.37. The molecule has 1 heterocycles. The highest BCUT2D eigenvalue weighted by atomic mass is 16.5. The van der Waals surface area contributed by atoms with E-state index in [-0.39, 0.29) is 0 Å². The molecule has 2 heteroatoms. The molecule has 0 aromatic rings. The molecular weight excluding hydrogens is 174 g/mol. The van der Waals surface area contributed by atoms with Crippen molar-refractivity contribution in [2.75, 3.05) is 32.8 Å². The van der Waals surface area contributed by atoms with Gasteiger partial charge in [0.1, 0.15) is 0 Å². The van der Waals surface area contributed by atoms with E-state index < -0.39 is 0 Å². The van der Waals surface area contributed by atoms with Gasteiger partial charge in [-0.2, -0.15) is 0 Å². The van der Waals surface area contributed by atoms with Gasteiger partial charge in [-0.1, -0.05) is 30.7 Å². The van der Waals surface area contributed by atoms with Crippen LogP contribution in [0.15, 0.2) is 23.8 Å². The van der Waals surface area contributed by atoms with Crippen LogP contribution in [-0.4, -0.2) is 37.7 Å². The predicted octanol–water partition coefficient (Wildman–Crippen LogP) is 2.23. The second-order valence-electron chi connectivity index (χ2n) is 3.67. The summed E-state index contributed by atoms with van der Waals surface area (Å²) in [5.41, 5.74) is 1.36. The summed E-state index contributed by atoms with van der Waals surface area (Å²) >= 11 is 0. The third-order valence-corrected chi connectivity index (χ3v) is 2.37. The van der Waals surface area contributed by atoms with Gasteiger partial charge in [-0.15, -0.1) is 0 Å². The van der Waals surface area contributed by atoms with Crippen molar-refractivity contribution in [2.45, 2.75) is 20.3 Å². The van der Waals surface area contributed by atoms with Crippen LogP contribution < -0.4 is 0 Å². The van der Waals surface area contributed by atoms with Gasteiger partial charge in [0.15, 0.2) is 0 Å². The monoisotopic (exact) mass is 195 g/mol. The maximum atomic E-state index is 5.29. The van der Waals surface area contributed by atoms with Gasteiger partial charge in [0, 0.05) is 19.6 Å². The fourth-order valence-electron chi connectivity index (χ4n) is 1.56. The van der Waals surface area contributed by atoms with Gasteiger partial charge in [0.2, 0.25) is 0 Å². The summed E-state index contributed by atoms with van der Waals surface area (Å²) in [7, 11) is 0. The first-order valence-corrected chi connectivity index (χ1v) is 5.46. The molecule has 0 atom stereocenters. The number of allylic oxidation sites excluding steroid dienone is 3. The summed E-state index contributed by atoms with van der Waals surface area (Å²) in [6, 6.07) is 0. The lowest BCUT2D eigenvalue weighted by molar-refractivity contribution is 0.0434. The molecule has 0 aromatic heterocycles. The van der Waals surface area contributed by atoms with Crippen molar-refractivity contribution in [1.82, 2.24) is 4.90 Å². The van der Waals surface area contributed by atoms with Crippen molar-refractivity contribution in [2.24, 2.45) is 0 Å². The van der Waals surface area contributed by atoms with Gasteiger partial charge in [-0.3, -0.25) is 4.90 Å². The number of morpholine rings is 1. The summed E-state index contributed by atoms with van der Waals surface area (Å²) < 4.78 is 5.29. The zero-order chi connectivity index (χ0) is 10.2. The zero-order valence-corrected chi connectivity index (χ0v) is 9.33. The summed E-state index contributed by atoms with van der Waals surface area (Å²) in [5.74, 6) is 0. The molecule has 0 aromatic carbocycles. The molecule has 0 unspecified atom stereocenters. The second kappa shape index (κ2) is 6.80. The Morgan fingerprint density at radius 2 is 2.07 bits per heavy atom. The van der Waals surface area contributed by atoms with E-state index in [0.717, 1.165) is 39.3 Å². The highest BCUT2D eigenvalue weighted by molar-refractivity contribution is 5.15. The Hall–Kier alpha value is -0.600. The van der Waals surface area contributed by atoms with E-state index in [1.807, 2.05) is 0 Å². The van der Waals surface area contributed by atoms with Gasteiger partial charge in [0.25, 0.3) is 0 Å². The van der Waals surface area contributed by atoms with Crippen molar-refractivity contribution in [1.29, 1.82) is 0 Å². The fraction of sp³-hybridized carbons (Fsp3) is 0.667. The molecule has 0 spiro atoms. The summed E-state index contributed by atoms with van der Waals surface area (Å²) in [6.45, 7) is 9.29. The van der Waals surface area contributed by atoms with Crippen LogP contribution >= 0.6 is 0 Å². The van der Waals surface area contributed by atoms with Crippen LogP contribution in [0.5, 0.6) is 0 Å². The van der Waals surface area contributed by atoms with Crippen LogP contribution in [0.4, 0.5) is 0 Å². The number of hydrogen-bond donors (Lipinski definition) is 0. The molecule has 0 N–H and O–H groups in total. The molecule has 1 aliphatic rings. The molecule has 1 saturated heterocycles. The Kier molecular flexibility index (Phi) is 5.57. The number of rotatable bonds is 4. The summed E-state index contributed by atoms with van der Waals surface area (Å²) in [4.78, 5) is 2.42. The smallest absolute Gasteiger partial charge is 0.0594 e. The molecule has 0 amide bonds. The van der Waals surface area contributed by atoms with Gasteiger partial charge in [-0.05, 0) is 13.3 Å². The number of ether oxygens (including phenoxy) is 1. The van der Waals surface area contributed by atoms with Crippen LogP contribution in [-0.2, 0) is 4.74 Å². The van der Waals surface area contributed by atoms with E-state index >= 15 is 0 Å². The lowest BCUT2D eigenvalue weighted by atomic mass is 10.2. The van der Waals surface area contributed by atoms with Gasteiger partial charge in [-0.25, -0.2) is 0 Å². The first-order chi connectivity index (χ1) is 6.83. The largest absolute Gasteiger partial charge is 0.379 e. The average molecular weight is 195 g/mol. The molecule has 0 bridgehead atoms. The Labute approximate surface area is 87.2 Å². The van der Waals surface area contributed by atoms with Crippen LogP contribution in [0, 0.1) is 0 Å². The van der Waals surface area contributed by atoms with E-state index in [2.05, 4.69) is 37.0 Å². The third kappa shape index (κ3) is 4.58. The highest BCUT2D eigenvalue weighted by Gasteiger charge is 2.07. The van der Waals surface area contributed by atoms with Crippen molar-refractivity contribution in [3.63, 3.8) is 0 Å². The molecular formula is C12H21NO. The Balaban J connectivity index is 2.21. The quantitative estimate of drug-likeness (QED) is 0.638. The maximum absolute atomic E-state index is 5.29. The Bertz CT molecular complexity index is 202. The van der Waals surface area contributed by atoms with Crippen LogP contribution in [0.1, 0.15) is 20.3 Å². The van der Waals surface area contributed by atoms with Crippen molar-refractivity contribution < 1.29 is 4.74 Å². The first kappa shape index (κ1) is 11.5. The lowest BCUT2D eigenvalue weighted by Crippen LogP contribution is -2.36. The molecule has 1 fully saturated rings. The molecule has 0 aliphatic carbocycles. The number of hydrogen-bond acceptors (Lipinski definition) is 2. The highest BCUT2D eigenvalue weighted by Crippen LogP contribution is 2.00. The zero-order valence-electron chi connectivity index (χ0n) is 9.33. The number of nitrogens with zero attached hydrogens (tertiary/aromatic N) is 1. The molecule has 80 valence electrons. The van der Waals surface area contributed by atoms with Crippen molar-refractivity contribution in [3.05, 3.63) is 23.8 Å². The molecule has 0 radical (unpaired) electrons. The molecule has 2 nitrogen and oxygen atoms in total. The van der Waals surface area contributed by atoms with E-state index in [4.69, 9.17) is 4.74 Å². The first-order valence-electron chi connectivity index (χ1n) is 5.46.